The number of hydrogen-bond donors (Lipinski definition) is 1. The second-order valence-corrected chi connectivity index (χ2v) is 7.37. The summed E-state index contributed by atoms with van der Waals surface area (Å²) in [6.07, 6.45) is 6.76. The van der Waals surface area contributed by atoms with E-state index in [1.165, 1.54) is 0 Å². The summed E-state index contributed by atoms with van der Waals surface area (Å²) in [6.45, 7) is 5.89. The highest BCUT2D eigenvalue weighted by molar-refractivity contribution is 5.93. The molecule has 1 atom stereocenters. The van der Waals surface area contributed by atoms with Crippen LogP contribution in [0.1, 0.15) is 47.6 Å². The monoisotopic (exact) mass is 368 g/mol. The number of imidazole rings is 1. The highest BCUT2D eigenvalue weighted by atomic mass is 16.3. The van der Waals surface area contributed by atoms with Crippen LogP contribution in [0.25, 0.3) is 5.65 Å². The molecular formula is C19H24N6O2. The quantitative estimate of drug-likeness (QED) is 0.759. The van der Waals surface area contributed by atoms with Gasteiger partial charge in [-0.05, 0) is 50.3 Å². The number of aliphatic hydroxyl groups is 1. The average Bonchev–Trinajstić information content (AvgIpc) is 3.28. The number of carbonyl (C=O) groups is 1. The molecule has 3 aromatic rings. The van der Waals surface area contributed by atoms with Gasteiger partial charge in [0.15, 0.2) is 0 Å². The van der Waals surface area contributed by atoms with E-state index in [-0.39, 0.29) is 5.91 Å². The molecule has 142 valence electrons. The van der Waals surface area contributed by atoms with Gasteiger partial charge in [-0.3, -0.25) is 9.48 Å². The maximum absolute atomic E-state index is 12.8. The number of hydrogen-bond acceptors (Lipinski definition) is 5. The Balaban J connectivity index is 1.37. The maximum atomic E-state index is 12.8. The van der Waals surface area contributed by atoms with E-state index >= 15 is 0 Å². The van der Waals surface area contributed by atoms with Crippen molar-refractivity contribution in [1.82, 2.24) is 29.3 Å². The molecule has 3 aromatic heterocycles. The van der Waals surface area contributed by atoms with E-state index in [4.69, 9.17) is 0 Å². The number of nitrogens with zero attached hydrogens (tertiary/aromatic N) is 6. The van der Waals surface area contributed by atoms with E-state index in [9.17, 15) is 9.90 Å². The van der Waals surface area contributed by atoms with Crippen molar-refractivity contribution < 1.29 is 9.90 Å². The zero-order valence-electron chi connectivity index (χ0n) is 15.6. The van der Waals surface area contributed by atoms with Crippen molar-refractivity contribution in [3.05, 3.63) is 47.7 Å². The number of rotatable bonds is 4. The van der Waals surface area contributed by atoms with Gasteiger partial charge in [-0.1, -0.05) is 5.21 Å². The van der Waals surface area contributed by atoms with Crippen LogP contribution in [-0.2, 0) is 6.54 Å². The third kappa shape index (κ3) is 3.71. The second kappa shape index (κ2) is 7.11. The van der Waals surface area contributed by atoms with E-state index in [1.807, 2.05) is 34.6 Å². The highest BCUT2D eigenvalue weighted by Crippen LogP contribution is 2.21. The summed E-state index contributed by atoms with van der Waals surface area (Å²) in [5.41, 5.74) is 3.01. The summed E-state index contributed by atoms with van der Waals surface area (Å²) in [5.74, 6) is 0.438. The predicted octanol–water partition coefficient (Wildman–Crippen LogP) is 1.84. The Kier molecular flexibility index (Phi) is 4.65. The van der Waals surface area contributed by atoms with Crippen LogP contribution in [0.2, 0.25) is 0 Å². The van der Waals surface area contributed by atoms with Gasteiger partial charge in [0.25, 0.3) is 5.91 Å². The van der Waals surface area contributed by atoms with Crippen LogP contribution >= 0.6 is 0 Å². The maximum Gasteiger partial charge on any atom is 0.274 e. The van der Waals surface area contributed by atoms with Crippen molar-refractivity contribution in [3.63, 3.8) is 0 Å². The van der Waals surface area contributed by atoms with Crippen LogP contribution in [0.5, 0.6) is 0 Å². The molecule has 27 heavy (non-hydrogen) atoms. The standard InChI is InChI=1S/C19H24N6O2/c1-13-3-6-24-11-17(20-18(24)9-13)19(27)23-7-4-15(5-8-23)10-25-12-16(14(2)26)21-22-25/h3,6,9,11-12,14-15,26H,4-5,7-8,10H2,1-2H3/t14-/m1/s1. The number of piperidine rings is 1. The van der Waals surface area contributed by atoms with Crippen LogP contribution in [0.3, 0.4) is 0 Å². The normalized spacial score (nSPS) is 16.8. The summed E-state index contributed by atoms with van der Waals surface area (Å²) in [7, 11) is 0. The summed E-state index contributed by atoms with van der Waals surface area (Å²) >= 11 is 0. The molecule has 4 rings (SSSR count). The molecule has 8 nitrogen and oxygen atoms in total. The molecule has 0 unspecified atom stereocenters. The Labute approximate surface area is 157 Å². The molecular weight excluding hydrogens is 344 g/mol. The molecule has 0 saturated carbocycles. The first-order chi connectivity index (χ1) is 13.0. The Morgan fingerprint density at radius 1 is 1.33 bits per heavy atom. The van der Waals surface area contributed by atoms with Gasteiger partial charge in [-0.25, -0.2) is 4.98 Å². The number of likely N-dealkylation sites (tertiary alicyclic amines) is 1. The van der Waals surface area contributed by atoms with Gasteiger partial charge in [-0.2, -0.15) is 0 Å². The molecule has 0 spiro atoms. The number of amides is 1. The van der Waals surface area contributed by atoms with E-state index in [1.54, 1.807) is 24.0 Å². The largest absolute Gasteiger partial charge is 0.387 e. The van der Waals surface area contributed by atoms with E-state index in [2.05, 4.69) is 15.3 Å². The van der Waals surface area contributed by atoms with Crippen molar-refractivity contribution in [1.29, 1.82) is 0 Å². The first-order valence-corrected chi connectivity index (χ1v) is 9.32. The van der Waals surface area contributed by atoms with Crippen LogP contribution in [-0.4, -0.2) is 53.4 Å². The summed E-state index contributed by atoms with van der Waals surface area (Å²) in [4.78, 5) is 19.2. The van der Waals surface area contributed by atoms with Gasteiger partial charge in [0.1, 0.15) is 17.0 Å². The molecule has 0 bridgehead atoms. The van der Waals surface area contributed by atoms with Crippen LogP contribution in [0.15, 0.2) is 30.7 Å². The molecule has 0 radical (unpaired) electrons. The van der Waals surface area contributed by atoms with Gasteiger partial charge >= 0.3 is 0 Å². The molecule has 1 fully saturated rings. The summed E-state index contributed by atoms with van der Waals surface area (Å²) in [5, 5.41) is 17.6. The lowest BCUT2D eigenvalue weighted by atomic mass is 9.96. The fourth-order valence-corrected chi connectivity index (χ4v) is 3.53. The third-order valence-electron chi connectivity index (χ3n) is 5.17. The van der Waals surface area contributed by atoms with Crippen LogP contribution in [0, 0.1) is 12.8 Å². The zero-order valence-corrected chi connectivity index (χ0v) is 15.6. The average molecular weight is 368 g/mol. The minimum absolute atomic E-state index is 0.00745. The minimum Gasteiger partial charge on any atom is -0.387 e. The number of fused-ring (bicyclic) bond motifs is 1. The molecule has 1 aliphatic heterocycles. The van der Waals surface area contributed by atoms with Gasteiger partial charge < -0.3 is 14.4 Å². The number of aliphatic hydroxyl groups excluding tert-OH is 1. The summed E-state index contributed by atoms with van der Waals surface area (Å²) in [6, 6.07) is 3.98. The number of aryl methyl sites for hydroxylation is 1. The Morgan fingerprint density at radius 2 is 2.11 bits per heavy atom. The molecule has 0 aliphatic carbocycles. The van der Waals surface area contributed by atoms with Gasteiger partial charge in [0.2, 0.25) is 0 Å². The van der Waals surface area contributed by atoms with Gasteiger partial charge in [0, 0.05) is 32.0 Å². The molecule has 0 aromatic carbocycles. The van der Waals surface area contributed by atoms with Crippen LogP contribution in [0.4, 0.5) is 0 Å². The van der Waals surface area contributed by atoms with Gasteiger partial charge in [-0.15, -0.1) is 5.10 Å². The van der Waals surface area contributed by atoms with E-state index in [0.29, 0.717) is 30.4 Å². The summed E-state index contributed by atoms with van der Waals surface area (Å²) < 4.78 is 3.67. The fraction of sp³-hybridized carbons (Fsp3) is 0.474. The van der Waals surface area contributed by atoms with Crippen molar-refractivity contribution in [2.75, 3.05) is 13.1 Å². The predicted molar refractivity (Wildman–Crippen MR) is 99.2 cm³/mol. The van der Waals surface area contributed by atoms with Crippen molar-refractivity contribution >= 4 is 11.6 Å². The fourth-order valence-electron chi connectivity index (χ4n) is 3.53. The lowest BCUT2D eigenvalue weighted by Crippen LogP contribution is -2.39. The smallest absolute Gasteiger partial charge is 0.274 e. The van der Waals surface area contributed by atoms with E-state index < -0.39 is 6.10 Å². The van der Waals surface area contributed by atoms with Crippen LogP contribution < -0.4 is 0 Å². The number of carbonyl (C=O) groups excluding carboxylic acids is 1. The minimum atomic E-state index is -0.604. The van der Waals surface area contributed by atoms with Crippen molar-refractivity contribution in [2.24, 2.45) is 5.92 Å². The zero-order chi connectivity index (χ0) is 19.0. The molecule has 1 amide bonds. The Morgan fingerprint density at radius 3 is 2.81 bits per heavy atom. The molecule has 8 heteroatoms. The second-order valence-electron chi connectivity index (χ2n) is 7.37. The number of aromatic nitrogens is 5. The highest BCUT2D eigenvalue weighted by Gasteiger charge is 2.25. The molecule has 1 N–H and O–H groups in total. The van der Waals surface area contributed by atoms with E-state index in [0.717, 1.165) is 30.6 Å². The topological polar surface area (TPSA) is 88.5 Å². The number of pyridine rings is 1. The molecule has 4 heterocycles. The molecule has 1 saturated heterocycles. The molecule has 1 aliphatic rings. The van der Waals surface area contributed by atoms with Gasteiger partial charge in [0.05, 0.1) is 12.3 Å². The lowest BCUT2D eigenvalue weighted by molar-refractivity contribution is 0.0675. The third-order valence-corrected chi connectivity index (χ3v) is 5.17. The Bertz CT molecular complexity index is 952. The first kappa shape index (κ1) is 17.7. The Hall–Kier alpha value is -2.74. The van der Waals surface area contributed by atoms with Crippen molar-refractivity contribution in [3.8, 4) is 0 Å². The first-order valence-electron chi connectivity index (χ1n) is 9.32. The lowest BCUT2D eigenvalue weighted by Gasteiger charge is -2.31. The van der Waals surface area contributed by atoms with Crippen molar-refractivity contribution in [2.45, 2.75) is 39.3 Å². The SMILES string of the molecule is Cc1ccn2cc(C(=O)N3CCC(Cn4cc([C@@H](C)O)nn4)CC3)nc2c1.